The number of carboxylic acid groups (broad SMARTS) is 1. The lowest BCUT2D eigenvalue weighted by Crippen LogP contribution is -1.96. The summed E-state index contributed by atoms with van der Waals surface area (Å²) in [6.45, 7) is 0. The number of methoxy groups -OCH3 is 1. The molecule has 0 aliphatic heterocycles. The van der Waals surface area contributed by atoms with Gasteiger partial charge in [0.15, 0.2) is 11.5 Å². The van der Waals surface area contributed by atoms with E-state index in [0.29, 0.717) is 0 Å². The minimum atomic E-state index is -0.793. The topological polar surface area (TPSA) is 66.8 Å². The molecule has 2 N–H and O–H groups in total. The summed E-state index contributed by atoms with van der Waals surface area (Å²) in [7, 11) is 1.37. The third-order valence-corrected chi connectivity index (χ3v) is 1.42. The molecule has 12 heavy (non-hydrogen) atoms. The van der Waals surface area contributed by atoms with E-state index in [1.165, 1.54) is 25.3 Å². The lowest BCUT2D eigenvalue weighted by molar-refractivity contribution is 0.0696. The van der Waals surface area contributed by atoms with Crippen LogP contribution in [-0.2, 0) is 0 Å². The van der Waals surface area contributed by atoms with Gasteiger partial charge >= 0.3 is 5.97 Å². The number of ether oxygens (including phenoxy) is 1. The molecule has 0 saturated carbocycles. The van der Waals surface area contributed by atoms with Crippen molar-refractivity contribution in [3.63, 3.8) is 0 Å². The Kier molecular flexibility index (Phi) is 1.82. The Morgan fingerprint density at radius 1 is 1.67 bits per heavy atom. The molecule has 0 saturated heterocycles. The summed E-state index contributed by atoms with van der Waals surface area (Å²) >= 11 is 0. The van der Waals surface area contributed by atoms with Crippen molar-refractivity contribution in [3.05, 3.63) is 23.8 Å². The second-order valence-corrected chi connectivity index (χ2v) is 2.17. The first-order chi connectivity index (χ1) is 6.19. The van der Waals surface area contributed by atoms with Crippen LogP contribution in [0.4, 0.5) is 0 Å². The number of rotatable bonds is 2. The largest absolute Gasteiger partial charge is 0.504 e. The normalized spacial score (nSPS) is 10.2. The monoisotopic (exact) mass is 169 g/mol. The molecule has 0 amide bonds. The van der Waals surface area contributed by atoms with Crippen molar-refractivity contribution < 1.29 is 19.7 Å². The molecule has 0 aromatic heterocycles. The van der Waals surface area contributed by atoms with Gasteiger partial charge in [0.25, 0.3) is 1.43 Å². The second kappa shape index (κ2) is 3.13. The number of benzene rings is 1. The third kappa shape index (κ3) is 1.47. The summed E-state index contributed by atoms with van der Waals surface area (Å²) in [6, 6.07) is 3.94. The predicted octanol–water partition coefficient (Wildman–Crippen LogP) is 1.10. The zero-order valence-corrected chi connectivity index (χ0v) is 6.40. The number of phenols is 1. The SMILES string of the molecule is [2H]OC(=O)c1ccc(O)c(OC)c1. The Hall–Kier alpha value is -1.71. The average molecular weight is 169 g/mol. The molecule has 0 spiro atoms. The fourth-order valence-corrected chi connectivity index (χ4v) is 0.805. The number of phenolic OH excluding ortho intramolecular Hbond substituents is 1. The lowest BCUT2D eigenvalue weighted by atomic mass is 10.2. The van der Waals surface area contributed by atoms with E-state index in [0.717, 1.165) is 0 Å². The van der Waals surface area contributed by atoms with Crippen LogP contribution in [-0.4, -0.2) is 23.3 Å². The summed E-state index contributed by atoms with van der Waals surface area (Å²) in [5.41, 5.74) is 0.157. The molecular formula is C8H8O4. The van der Waals surface area contributed by atoms with Gasteiger partial charge in [-0.15, -0.1) is 0 Å². The molecule has 0 radical (unpaired) electrons. The molecule has 64 valence electrons. The van der Waals surface area contributed by atoms with Gasteiger partial charge in [0.2, 0.25) is 0 Å². The van der Waals surface area contributed by atoms with Crippen molar-refractivity contribution in [1.82, 2.24) is 0 Å². The van der Waals surface area contributed by atoms with Crippen LogP contribution in [0.3, 0.4) is 0 Å². The third-order valence-electron chi connectivity index (χ3n) is 1.42. The van der Waals surface area contributed by atoms with Crippen LogP contribution < -0.4 is 4.74 Å². The molecule has 4 nitrogen and oxygen atoms in total. The van der Waals surface area contributed by atoms with Crippen LogP contribution in [0, 0.1) is 0 Å². The second-order valence-electron chi connectivity index (χ2n) is 2.17. The van der Waals surface area contributed by atoms with Crippen molar-refractivity contribution in [2.45, 2.75) is 0 Å². The van der Waals surface area contributed by atoms with Gasteiger partial charge in [-0.05, 0) is 18.2 Å². The minimum absolute atomic E-state index is 0.0657. The predicted molar refractivity (Wildman–Crippen MR) is 41.6 cm³/mol. The number of hydrogen-bond acceptors (Lipinski definition) is 4. The Bertz CT molecular complexity index is 324. The van der Waals surface area contributed by atoms with E-state index in [-0.39, 0.29) is 17.1 Å². The maximum atomic E-state index is 10.8. The van der Waals surface area contributed by atoms with Gasteiger partial charge in [-0.1, -0.05) is 0 Å². The highest BCUT2D eigenvalue weighted by Gasteiger charge is 2.06. The van der Waals surface area contributed by atoms with Gasteiger partial charge in [-0.25, -0.2) is 4.79 Å². The van der Waals surface area contributed by atoms with E-state index >= 15 is 0 Å². The van der Waals surface area contributed by atoms with E-state index in [1.807, 2.05) is 0 Å². The van der Waals surface area contributed by atoms with Crippen LogP contribution >= 0.6 is 0 Å². The van der Waals surface area contributed by atoms with Gasteiger partial charge < -0.3 is 15.0 Å². The smallest absolute Gasteiger partial charge is 0.335 e. The number of carbonyl (C=O) groups is 1. The first-order valence-electron chi connectivity index (χ1n) is 3.64. The zero-order valence-electron chi connectivity index (χ0n) is 7.40. The van der Waals surface area contributed by atoms with Crippen molar-refractivity contribution in [3.8, 4) is 11.5 Å². The lowest BCUT2D eigenvalue weighted by Gasteiger charge is -2.02. The molecule has 0 bridgehead atoms. The van der Waals surface area contributed by atoms with Gasteiger partial charge in [0, 0.05) is 0 Å². The average Bonchev–Trinajstić information content (AvgIpc) is 2.17. The molecule has 0 fully saturated rings. The maximum Gasteiger partial charge on any atom is 0.335 e. The van der Waals surface area contributed by atoms with Crippen LogP contribution in [0.15, 0.2) is 18.2 Å². The van der Waals surface area contributed by atoms with E-state index in [9.17, 15) is 4.79 Å². The van der Waals surface area contributed by atoms with E-state index in [4.69, 9.17) is 11.3 Å². The van der Waals surface area contributed by atoms with Crippen molar-refractivity contribution in [2.75, 3.05) is 7.11 Å². The van der Waals surface area contributed by atoms with Gasteiger partial charge in [-0.2, -0.15) is 0 Å². The van der Waals surface area contributed by atoms with Crippen LogP contribution in [0.5, 0.6) is 11.5 Å². The summed E-state index contributed by atoms with van der Waals surface area (Å²) in [5.74, 6) is -0.690. The van der Waals surface area contributed by atoms with Gasteiger partial charge in [0.05, 0.1) is 12.7 Å². The van der Waals surface area contributed by atoms with E-state index in [2.05, 4.69) is 5.11 Å². The van der Waals surface area contributed by atoms with Crippen LogP contribution in [0.2, 0.25) is 0 Å². The minimum Gasteiger partial charge on any atom is -0.504 e. The molecule has 0 aliphatic carbocycles. The van der Waals surface area contributed by atoms with E-state index < -0.39 is 5.97 Å². The summed E-state index contributed by atoms with van der Waals surface area (Å²) < 4.78 is 11.1. The molecule has 4 heteroatoms. The summed E-state index contributed by atoms with van der Waals surface area (Å²) in [6.07, 6.45) is 0. The molecule has 0 aliphatic rings. The van der Waals surface area contributed by atoms with Crippen molar-refractivity contribution in [1.29, 1.82) is 1.43 Å². The quantitative estimate of drug-likeness (QED) is 0.695. The highest BCUT2D eigenvalue weighted by molar-refractivity contribution is 5.88. The van der Waals surface area contributed by atoms with Crippen molar-refractivity contribution >= 4 is 5.97 Å². The highest BCUT2D eigenvalue weighted by atomic mass is 16.5. The van der Waals surface area contributed by atoms with E-state index in [1.54, 1.807) is 0 Å². The number of aromatic carboxylic acids is 1. The first kappa shape index (κ1) is 6.97. The first-order valence-corrected chi connectivity index (χ1v) is 3.23. The fourth-order valence-electron chi connectivity index (χ4n) is 0.805. The van der Waals surface area contributed by atoms with Gasteiger partial charge in [-0.3, -0.25) is 0 Å². The Labute approximate surface area is 70.5 Å². The number of aromatic hydroxyl groups is 1. The summed E-state index contributed by atoms with van der Waals surface area (Å²) in [5, 5.41) is 12.9. The number of hydrogen-bond donors (Lipinski definition) is 2. The molecule has 1 rings (SSSR count). The maximum absolute atomic E-state index is 10.8. The zero-order chi connectivity index (χ0) is 9.84. The molecular weight excluding hydrogens is 160 g/mol. The molecule has 1 aromatic rings. The Morgan fingerprint density at radius 2 is 2.42 bits per heavy atom. The molecule has 0 atom stereocenters. The van der Waals surface area contributed by atoms with Gasteiger partial charge in [0.1, 0.15) is 0 Å². The highest BCUT2D eigenvalue weighted by Crippen LogP contribution is 2.25. The molecule has 0 heterocycles. The standard InChI is InChI=1S/C8H8O4/c1-12-7-4-5(8(10)11)2-3-6(7)9/h2-4,9H,1H3,(H,10,11)/i/hD. The Balaban J connectivity index is 3.06. The van der Waals surface area contributed by atoms with Crippen molar-refractivity contribution in [2.24, 2.45) is 0 Å². The Morgan fingerprint density at radius 3 is 3.00 bits per heavy atom. The van der Waals surface area contributed by atoms with Crippen LogP contribution in [0.1, 0.15) is 10.4 Å². The van der Waals surface area contributed by atoms with Crippen LogP contribution in [0.25, 0.3) is 1.43 Å². The fraction of sp³-hybridized carbons (Fsp3) is 0.125. The molecule has 1 aromatic carbocycles. The summed E-state index contributed by atoms with van der Waals surface area (Å²) in [4.78, 5) is 10.8. The number of carboxylic acids is 1. The molecule has 0 unspecified atom stereocenters.